The molecule has 1 heterocycles. The number of nitro benzene ring substituents is 1. The Labute approximate surface area is 128 Å². The van der Waals surface area contributed by atoms with Crippen LogP contribution in [0.1, 0.15) is 18.9 Å². The summed E-state index contributed by atoms with van der Waals surface area (Å²) < 4.78 is 0.652. The van der Waals surface area contributed by atoms with Crippen molar-refractivity contribution in [3.8, 4) is 10.6 Å². The van der Waals surface area contributed by atoms with Crippen LogP contribution in [0.4, 0.5) is 5.69 Å². The third-order valence-corrected chi connectivity index (χ3v) is 3.90. The molecule has 1 aromatic carbocycles. The molecule has 0 saturated carbocycles. The maximum absolute atomic E-state index is 10.9. The number of non-ortho nitro benzene ring substituents is 1. The summed E-state index contributed by atoms with van der Waals surface area (Å²) in [4.78, 5) is 10.4. The zero-order valence-electron chi connectivity index (χ0n) is 11.0. The minimum Gasteiger partial charge on any atom is -0.308 e. The number of hydrogen-bond donors (Lipinski definition) is 1. The molecule has 106 valence electrons. The first kappa shape index (κ1) is 15.0. The molecule has 2 rings (SSSR count). The first-order valence-corrected chi connectivity index (χ1v) is 7.58. The van der Waals surface area contributed by atoms with Gasteiger partial charge in [0.15, 0.2) is 0 Å². The minimum atomic E-state index is -0.420. The van der Waals surface area contributed by atoms with Gasteiger partial charge in [-0.05, 0) is 6.07 Å². The fraction of sp³-hybridized carbons (Fsp3) is 0.333. The normalized spacial score (nSPS) is 11.0. The van der Waals surface area contributed by atoms with Crippen LogP contribution in [0, 0.1) is 10.1 Å². The summed E-state index contributed by atoms with van der Waals surface area (Å²) in [5.74, 6) is 0. The fourth-order valence-corrected chi connectivity index (χ4v) is 2.80. The zero-order chi connectivity index (χ0) is 14.7. The Morgan fingerprint density at radius 3 is 2.80 bits per heavy atom. The Hall–Kier alpha value is -1.38. The average molecular weight is 357 g/mol. The number of hydrogen-bond acceptors (Lipinski definition) is 6. The Morgan fingerprint density at radius 1 is 1.40 bits per heavy atom. The molecule has 2 aromatic rings. The van der Waals surface area contributed by atoms with Crippen molar-refractivity contribution in [2.75, 3.05) is 0 Å². The molecule has 20 heavy (non-hydrogen) atoms. The number of nitrogens with one attached hydrogen (secondary N) is 1. The van der Waals surface area contributed by atoms with Crippen molar-refractivity contribution >= 4 is 33.0 Å². The standard InChI is InChI=1S/C12H13BrN4O2S/c1-7(2)14-6-11-15-16-12(20-11)8-3-9(13)5-10(4-8)17(18)19/h3-5,7,14H,6H2,1-2H3. The SMILES string of the molecule is CC(C)NCc1nnc(-c2cc(Br)cc([N+](=O)[O-])c2)s1. The Kier molecular flexibility index (Phi) is 4.79. The molecule has 0 bridgehead atoms. The van der Waals surface area contributed by atoms with Crippen molar-refractivity contribution in [2.24, 2.45) is 0 Å². The molecule has 8 heteroatoms. The van der Waals surface area contributed by atoms with Gasteiger partial charge < -0.3 is 5.32 Å². The fourth-order valence-electron chi connectivity index (χ4n) is 1.54. The van der Waals surface area contributed by atoms with Crippen LogP contribution in [-0.2, 0) is 6.54 Å². The molecule has 0 amide bonds. The lowest BCUT2D eigenvalue weighted by Gasteiger charge is -2.03. The molecule has 0 aliphatic carbocycles. The van der Waals surface area contributed by atoms with E-state index in [2.05, 4.69) is 45.3 Å². The van der Waals surface area contributed by atoms with Crippen LogP contribution < -0.4 is 5.32 Å². The second kappa shape index (κ2) is 6.38. The number of benzene rings is 1. The second-order valence-corrected chi connectivity index (χ2v) is 6.47. The van der Waals surface area contributed by atoms with Gasteiger partial charge in [0.2, 0.25) is 0 Å². The van der Waals surface area contributed by atoms with Crippen LogP contribution in [-0.4, -0.2) is 21.2 Å². The highest BCUT2D eigenvalue weighted by atomic mass is 79.9. The molecule has 0 spiro atoms. The van der Waals surface area contributed by atoms with Gasteiger partial charge in [-0.25, -0.2) is 0 Å². The van der Waals surface area contributed by atoms with Gasteiger partial charge in [-0.3, -0.25) is 10.1 Å². The molecule has 0 saturated heterocycles. The predicted octanol–water partition coefficient (Wildman–Crippen LogP) is 3.37. The van der Waals surface area contributed by atoms with Gasteiger partial charge in [-0.2, -0.15) is 0 Å². The highest BCUT2D eigenvalue weighted by molar-refractivity contribution is 9.10. The van der Waals surface area contributed by atoms with E-state index in [4.69, 9.17) is 0 Å². The van der Waals surface area contributed by atoms with Crippen LogP contribution in [0.2, 0.25) is 0 Å². The summed E-state index contributed by atoms with van der Waals surface area (Å²) in [6, 6.07) is 5.14. The smallest absolute Gasteiger partial charge is 0.271 e. The number of aromatic nitrogens is 2. The molecule has 0 unspecified atom stereocenters. The maximum Gasteiger partial charge on any atom is 0.271 e. The second-order valence-electron chi connectivity index (χ2n) is 4.49. The van der Waals surface area contributed by atoms with Gasteiger partial charge in [-0.15, -0.1) is 10.2 Å². The molecule has 0 atom stereocenters. The minimum absolute atomic E-state index is 0.0337. The van der Waals surface area contributed by atoms with Crippen molar-refractivity contribution < 1.29 is 4.92 Å². The van der Waals surface area contributed by atoms with E-state index >= 15 is 0 Å². The molecule has 1 aromatic heterocycles. The van der Waals surface area contributed by atoms with Gasteiger partial charge in [0.1, 0.15) is 10.0 Å². The molecule has 0 aliphatic rings. The molecule has 0 fully saturated rings. The van der Waals surface area contributed by atoms with E-state index in [9.17, 15) is 10.1 Å². The van der Waals surface area contributed by atoms with E-state index in [0.29, 0.717) is 27.6 Å². The molecule has 1 N–H and O–H groups in total. The van der Waals surface area contributed by atoms with E-state index in [1.54, 1.807) is 6.07 Å². The van der Waals surface area contributed by atoms with Crippen molar-refractivity contribution in [2.45, 2.75) is 26.4 Å². The highest BCUT2D eigenvalue weighted by Crippen LogP contribution is 2.30. The summed E-state index contributed by atoms with van der Waals surface area (Å²) in [6.45, 7) is 4.75. The van der Waals surface area contributed by atoms with Gasteiger partial charge >= 0.3 is 0 Å². The lowest BCUT2D eigenvalue weighted by atomic mass is 10.2. The number of nitro groups is 1. The molecule has 6 nitrogen and oxygen atoms in total. The number of rotatable bonds is 5. The van der Waals surface area contributed by atoms with Crippen molar-refractivity contribution in [3.05, 3.63) is 37.8 Å². The first-order valence-electron chi connectivity index (χ1n) is 5.97. The van der Waals surface area contributed by atoms with E-state index < -0.39 is 4.92 Å². The highest BCUT2D eigenvalue weighted by Gasteiger charge is 2.13. The van der Waals surface area contributed by atoms with Crippen LogP contribution in [0.15, 0.2) is 22.7 Å². The molecular formula is C12H13BrN4O2S. The van der Waals surface area contributed by atoms with Crippen molar-refractivity contribution in [3.63, 3.8) is 0 Å². The van der Waals surface area contributed by atoms with E-state index in [1.165, 1.54) is 23.5 Å². The lowest BCUT2D eigenvalue weighted by Crippen LogP contribution is -2.21. The third kappa shape index (κ3) is 3.81. The number of halogens is 1. The monoisotopic (exact) mass is 356 g/mol. The van der Waals surface area contributed by atoms with Gasteiger partial charge in [0.05, 0.1) is 4.92 Å². The quantitative estimate of drug-likeness (QED) is 0.655. The Morgan fingerprint density at radius 2 is 2.15 bits per heavy atom. The number of nitrogens with zero attached hydrogens (tertiary/aromatic N) is 3. The Bertz CT molecular complexity index is 630. The first-order chi connectivity index (χ1) is 9.45. The molecule has 0 aliphatic heterocycles. The summed E-state index contributed by atoms with van der Waals surface area (Å²) in [6.07, 6.45) is 0. The van der Waals surface area contributed by atoms with Crippen LogP contribution in [0.5, 0.6) is 0 Å². The summed E-state index contributed by atoms with van der Waals surface area (Å²) in [5.41, 5.74) is 0.728. The largest absolute Gasteiger partial charge is 0.308 e. The van der Waals surface area contributed by atoms with Crippen molar-refractivity contribution in [1.29, 1.82) is 0 Å². The zero-order valence-corrected chi connectivity index (χ0v) is 13.4. The van der Waals surface area contributed by atoms with Crippen LogP contribution in [0.3, 0.4) is 0 Å². The van der Waals surface area contributed by atoms with E-state index in [-0.39, 0.29) is 5.69 Å². The molecule has 0 radical (unpaired) electrons. The summed E-state index contributed by atoms with van der Waals surface area (Å²) in [7, 11) is 0. The van der Waals surface area contributed by atoms with Gasteiger partial charge in [0.25, 0.3) is 5.69 Å². The topological polar surface area (TPSA) is 81.0 Å². The maximum atomic E-state index is 10.9. The van der Waals surface area contributed by atoms with Crippen LogP contribution in [0.25, 0.3) is 10.6 Å². The summed E-state index contributed by atoms with van der Waals surface area (Å²) in [5, 5.41) is 23.8. The van der Waals surface area contributed by atoms with E-state index in [0.717, 1.165) is 5.01 Å². The predicted molar refractivity (Wildman–Crippen MR) is 81.7 cm³/mol. The average Bonchev–Trinajstić information content (AvgIpc) is 2.84. The van der Waals surface area contributed by atoms with Crippen molar-refractivity contribution in [1.82, 2.24) is 15.5 Å². The van der Waals surface area contributed by atoms with Crippen LogP contribution >= 0.6 is 27.3 Å². The lowest BCUT2D eigenvalue weighted by molar-refractivity contribution is -0.384. The van der Waals surface area contributed by atoms with Gasteiger partial charge in [0, 0.05) is 34.8 Å². The summed E-state index contributed by atoms with van der Waals surface area (Å²) >= 11 is 4.70. The Balaban J connectivity index is 2.25. The molecular weight excluding hydrogens is 344 g/mol. The van der Waals surface area contributed by atoms with Gasteiger partial charge in [-0.1, -0.05) is 41.1 Å². The van der Waals surface area contributed by atoms with E-state index in [1.807, 2.05) is 0 Å². The third-order valence-electron chi connectivity index (χ3n) is 2.47.